The van der Waals surface area contributed by atoms with Gasteiger partial charge in [0.25, 0.3) is 0 Å². The predicted octanol–water partition coefficient (Wildman–Crippen LogP) is 6.79. The van der Waals surface area contributed by atoms with E-state index in [2.05, 4.69) is 34.3 Å². The minimum atomic E-state index is 0.805. The van der Waals surface area contributed by atoms with Crippen LogP contribution in [0, 0.1) is 24.7 Å². The molecule has 0 aromatic rings. The number of hydrogen-bond acceptors (Lipinski definition) is 1. The van der Waals surface area contributed by atoms with Crippen LogP contribution in [-0.4, -0.2) is 7.11 Å². The SMILES string of the molecule is [CH2]CC(C)CCCC(C)CCCC(C)CCCC(=C)OC. The summed E-state index contributed by atoms with van der Waals surface area (Å²) < 4.78 is 5.11. The van der Waals surface area contributed by atoms with Crippen LogP contribution in [0.2, 0.25) is 0 Å². The van der Waals surface area contributed by atoms with Gasteiger partial charge in [-0.1, -0.05) is 85.6 Å². The fraction of sp³-hybridized carbons (Fsp3) is 0.850. The highest BCUT2D eigenvalue weighted by Gasteiger charge is 2.07. The van der Waals surface area contributed by atoms with Crippen LogP contribution in [0.1, 0.15) is 85.0 Å². The largest absolute Gasteiger partial charge is 0.502 e. The summed E-state index contributed by atoms with van der Waals surface area (Å²) >= 11 is 0. The highest BCUT2D eigenvalue weighted by atomic mass is 16.5. The molecule has 0 aliphatic heterocycles. The molecule has 0 saturated carbocycles. The fourth-order valence-corrected chi connectivity index (χ4v) is 2.81. The lowest BCUT2D eigenvalue weighted by molar-refractivity contribution is 0.273. The van der Waals surface area contributed by atoms with Gasteiger partial charge in [0.2, 0.25) is 0 Å². The van der Waals surface area contributed by atoms with Crippen LogP contribution in [0.3, 0.4) is 0 Å². The average Bonchev–Trinajstić information content (AvgIpc) is 2.46. The molecule has 0 aliphatic carbocycles. The molecule has 3 atom stereocenters. The predicted molar refractivity (Wildman–Crippen MR) is 95.2 cm³/mol. The molecule has 0 saturated heterocycles. The molecule has 21 heavy (non-hydrogen) atoms. The fourth-order valence-electron chi connectivity index (χ4n) is 2.81. The first-order chi connectivity index (χ1) is 9.99. The summed E-state index contributed by atoms with van der Waals surface area (Å²) in [5.74, 6) is 3.46. The van der Waals surface area contributed by atoms with Gasteiger partial charge in [0.05, 0.1) is 12.9 Å². The Labute approximate surface area is 134 Å². The second kappa shape index (κ2) is 13.2. The summed E-state index contributed by atoms with van der Waals surface area (Å²) in [7, 11) is 1.71. The van der Waals surface area contributed by atoms with Crippen LogP contribution < -0.4 is 0 Å². The molecule has 0 bridgehead atoms. The van der Waals surface area contributed by atoms with Crippen LogP contribution in [0.5, 0.6) is 0 Å². The summed E-state index contributed by atoms with van der Waals surface area (Å²) in [5, 5.41) is 0. The average molecular weight is 296 g/mol. The molecule has 0 spiro atoms. The van der Waals surface area contributed by atoms with Crippen molar-refractivity contribution in [3.8, 4) is 0 Å². The summed E-state index contributed by atoms with van der Waals surface area (Å²) in [5.41, 5.74) is 0. The molecular weight excluding hydrogens is 256 g/mol. The number of allylic oxidation sites excluding steroid dienone is 1. The van der Waals surface area contributed by atoms with Crippen LogP contribution in [-0.2, 0) is 4.74 Å². The number of ether oxygens (including phenoxy) is 1. The number of hydrogen-bond donors (Lipinski definition) is 0. The van der Waals surface area contributed by atoms with Gasteiger partial charge in [0, 0.05) is 6.42 Å². The minimum Gasteiger partial charge on any atom is -0.502 e. The lowest BCUT2D eigenvalue weighted by atomic mass is 9.91. The normalized spacial score (nSPS) is 15.5. The van der Waals surface area contributed by atoms with Gasteiger partial charge in [-0.3, -0.25) is 0 Å². The van der Waals surface area contributed by atoms with Crippen molar-refractivity contribution in [1.29, 1.82) is 0 Å². The highest BCUT2D eigenvalue weighted by Crippen LogP contribution is 2.22. The maximum atomic E-state index is 5.11. The molecule has 0 aromatic heterocycles. The van der Waals surface area contributed by atoms with Gasteiger partial charge in [-0.25, -0.2) is 0 Å². The van der Waals surface area contributed by atoms with Crippen LogP contribution in [0.15, 0.2) is 12.3 Å². The monoisotopic (exact) mass is 295 g/mol. The molecule has 1 heteroatoms. The molecule has 0 aromatic carbocycles. The van der Waals surface area contributed by atoms with E-state index < -0.39 is 0 Å². The summed E-state index contributed by atoms with van der Waals surface area (Å²) in [6.45, 7) is 15.0. The first kappa shape index (κ1) is 20.5. The Balaban J connectivity index is 3.48. The molecular formula is C20H39O. The van der Waals surface area contributed by atoms with Crippen molar-refractivity contribution < 1.29 is 4.74 Å². The third kappa shape index (κ3) is 13.0. The summed E-state index contributed by atoms with van der Waals surface area (Å²) in [6.07, 6.45) is 12.9. The van der Waals surface area contributed by atoms with Crippen LogP contribution in [0.4, 0.5) is 0 Å². The van der Waals surface area contributed by atoms with Crippen LogP contribution in [0.25, 0.3) is 0 Å². The van der Waals surface area contributed by atoms with Gasteiger partial charge in [-0.2, -0.15) is 0 Å². The molecule has 125 valence electrons. The van der Waals surface area contributed by atoms with Crippen molar-refractivity contribution in [2.24, 2.45) is 17.8 Å². The number of methoxy groups -OCH3 is 1. The maximum Gasteiger partial charge on any atom is 0.0883 e. The Hall–Kier alpha value is -0.460. The van der Waals surface area contributed by atoms with E-state index in [1.807, 2.05) is 0 Å². The van der Waals surface area contributed by atoms with E-state index in [4.69, 9.17) is 4.74 Å². The zero-order valence-electron chi connectivity index (χ0n) is 15.1. The minimum absolute atomic E-state index is 0.805. The third-order valence-corrected chi connectivity index (χ3v) is 4.72. The Morgan fingerprint density at radius 1 is 0.810 bits per heavy atom. The molecule has 1 radical (unpaired) electrons. The topological polar surface area (TPSA) is 9.23 Å². The maximum absolute atomic E-state index is 5.11. The van der Waals surface area contributed by atoms with Crippen molar-refractivity contribution in [2.45, 2.75) is 85.0 Å². The number of rotatable bonds is 14. The van der Waals surface area contributed by atoms with E-state index >= 15 is 0 Å². The van der Waals surface area contributed by atoms with Gasteiger partial charge in [-0.15, -0.1) is 0 Å². The van der Waals surface area contributed by atoms with E-state index in [9.17, 15) is 0 Å². The molecule has 3 unspecified atom stereocenters. The van der Waals surface area contributed by atoms with Crippen molar-refractivity contribution >= 4 is 0 Å². The molecule has 0 aliphatic rings. The van der Waals surface area contributed by atoms with E-state index in [0.29, 0.717) is 0 Å². The second-order valence-electron chi connectivity index (χ2n) is 7.10. The van der Waals surface area contributed by atoms with E-state index in [-0.39, 0.29) is 0 Å². The lowest BCUT2D eigenvalue weighted by Crippen LogP contribution is -2.01. The van der Waals surface area contributed by atoms with Gasteiger partial charge in [-0.05, 0) is 24.2 Å². The van der Waals surface area contributed by atoms with Crippen molar-refractivity contribution in [3.63, 3.8) is 0 Å². The van der Waals surface area contributed by atoms with Gasteiger partial charge < -0.3 is 4.74 Å². The molecule has 0 rings (SSSR count). The second-order valence-corrected chi connectivity index (χ2v) is 7.10. The van der Waals surface area contributed by atoms with E-state index in [1.54, 1.807) is 7.11 Å². The molecule has 0 N–H and O–H groups in total. The quantitative estimate of drug-likeness (QED) is 0.320. The summed E-state index contributed by atoms with van der Waals surface area (Å²) in [6, 6.07) is 0. The van der Waals surface area contributed by atoms with Crippen molar-refractivity contribution in [2.75, 3.05) is 7.11 Å². The Kier molecular flexibility index (Phi) is 12.9. The molecule has 0 heterocycles. The van der Waals surface area contributed by atoms with E-state index in [0.717, 1.165) is 36.4 Å². The van der Waals surface area contributed by atoms with E-state index in [1.165, 1.54) is 51.4 Å². The molecule has 0 fully saturated rings. The zero-order valence-corrected chi connectivity index (χ0v) is 15.1. The first-order valence-corrected chi connectivity index (χ1v) is 9.00. The smallest absolute Gasteiger partial charge is 0.0883 e. The lowest BCUT2D eigenvalue weighted by Gasteiger charge is -2.15. The van der Waals surface area contributed by atoms with Gasteiger partial charge in [0.15, 0.2) is 0 Å². The first-order valence-electron chi connectivity index (χ1n) is 9.00. The molecule has 0 amide bonds. The zero-order chi connectivity index (χ0) is 16.1. The van der Waals surface area contributed by atoms with Gasteiger partial charge >= 0.3 is 0 Å². The Morgan fingerprint density at radius 3 is 1.67 bits per heavy atom. The molecule has 1 nitrogen and oxygen atoms in total. The van der Waals surface area contributed by atoms with Crippen LogP contribution >= 0.6 is 0 Å². The van der Waals surface area contributed by atoms with Crippen molar-refractivity contribution in [3.05, 3.63) is 19.3 Å². The van der Waals surface area contributed by atoms with Gasteiger partial charge in [0.1, 0.15) is 0 Å². The third-order valence-electron chi connectivity index (χ3n) is 4.72. The Bertz CT molecular complexity index is 246. The standard InChI is InChI=1S/C20H39O/c1-7-17(2)11-8-12-18(3)13-9-14-19(4)15-10-16-20(5)21-6/h17-19H,1,5,7-16H2,2-4,6H3. The van der Waals surface area contributed by atoms with Crippen molar-refractivity contribution in [1.82, 2.24) is 0 Å². The highest BCUT2D eigenvalue weighted by molar-refractivity contribution is 4.81. The Morgan fingerprint density at radius 2 is 1.24 bits per heavy atom. The summed E-state index contributed by atoms with van der Waals surface area (Å²) in [4.78, 5) is 0.